The number of hydrogen-bond acceptors (Lipinski definition) is 6. The van der Waals surface area contributed by atoms with Gasteiger partial charge in [0.05, 0.1) is 22.4 Å². The van der Waals surface area contributed by atoms with Crippen LogP contribution in [-0.2, 0) is 0 Å². The summed E-state index contributed by atoms with van der Waals surface area (Å²) in [7, 11) is 0. The number of imidazole rings is 1. The Kier molecular flexibility index (Phi) is 5.88. The second kappa shape index (κ2) is 9.94. The highest BCUT2D eigenvalue weighted by molar-refractivity contribution is 6.26. The summed E-state index contributed by atoms with van der Waals surface area (Å²) >= 11 is 0. The average molecular weight is 571 g/mol. The molecular formula is C33H30N8O2. The number of amidine groups is 1. The van der Waals surface area contributed by atoms with Crippen molar-refractivity contribution in [2.45, 2.75) is 25.8 Å². The number of likely N-dealkylation sites (tertiary alicyclic amines) is 1. The Labute approximate surface area is 247 Å². The predicted molar refractivity (Wildman–Crippen MR) is 167 cm³/mol. The van der Waals surface area contributed by atoms with E-state index in [2.05, 4.69) is 38.1 Å². The molecule has 0 spiro atoms. The number of anilines is 1. The zero-order chi connectivity index (χ0) is 29.1. The van der Waals surface area contributed by atoms with E-state index in [1.165, 1.54) is 0 Å². The molecule has 0 bridgehead atoms. The number of nitrogens with zero attached hydrogens (tertiary/aromatic N) is 6. The molecule has 1 amide bonds. The number of aromatic amines is 1. The van der Waals surface area contributed by atoms with Crippen molar-refractivity contribution in [2.24, 2.45) is 10.9 Å². The molecule has 0 radical (unpaired) electrons. The highest BCUT2D eigenvalue weighted by Crippen LogP contribution is 2.37. The van der Waals surface area contributed by atoms with E-state index in [0.717, 1.165) is 58.0 Å². The fourth-order valence-electron chi connectivity index (χ4n) is 6.50. The standard InChI is InChI=1S/C33H30N8O2/c1-20-18-28-29(34-19-20)35-25-7-3-2-6-24(25)31-38-37-30(41(28)31)21-10-12-22(13-11-21)32(42)39-16-14-23(15-17-39)40-27-9-5-4-8-26(27)36-33(40)43/h2-13,18,20,23H,14-17,19H2,1H3,(H,34,35)(H,36,43). The molecule has 3 aliphatic rings. The predicted octanol–water partition coefficient (Wildman–Crippen LogP) is 5.05. The monoisotopic (exact) mass is 570 g/mol. The Bertz CT molecular complexity index is 2000. The number of amides is 1. The number of para-hydroxylation sites is 3. The highest BCUT2D eigenvalue weighted by Gasteiger charge is 2.30. The number of H-pyrrole nitrogens is 1. The summed E-state index contributed by atoms with van der Waals surface area (Å²) in [6.07, 6.45) is 3.66. The van der Waals surface area contributed by atoms with Crippen molar-refractivity contribution in [1.29, 1.82) is 0 Å². The Morgan fingerprint density at radius 1 is 0.907 bits per heavy atom. The lowest BCUT2D eigenvalue weighted by Crippen LogP contribution is -2.40. The fraction of sp³-hybridized carbons (Fsp3) is 0.242. The molecule has 3 aliphatic heterocycles. The van der Waals surface area contributed by atoms with Crippen LogP contribution in [0.5, 0.6) is 0 Å². The number of nitrogens with one attached hydrogen (secondary N) is 2. The van der Waals surface area contributed by atoms with E-state index in [-0.39, 0.29) is 23.6 Å². The van der Waals surface area contributed by atoms with Gasteiger partial charge in [-0.1, -0.05) is 49.4 Å². The number of rotatable bonds is 3. The number of aromatic nitrogens is 5. The number of fused-ring (bicyclic) bond motifs is 6. The van der Waals surface area contributed by atoms with Crippen LogP contribution in [-0.4, -0.2) is 60.6 Å². The molecule has 1 fully saturated rings. The maximum Gasteiger partial charge on any atom is 0.326 e. The topological polar surface area (TPSA) is 113 Å². The molecule has 1 unspecified atom stereocenters. The lowest BCUT2D eigenvalue weighted by molar-refractivity contribution is 0.0695. The van der Waals surface area contributed by atoms with Gasteiger partial charge >= 0.3 is 5.69 Å². The van der Waals surface area contributed by atoms with Gasteiger partial charge in [-0.3, -0.25) is 18.9 Å². The zero-order valence-electron chi connectivity index (χ0n) is 23.7. The molecule has 10 heteroatoms. The average Bonchev–Trinajstić information content (AvgIpc) is 3.59. The van der Waals surface area contributed by atoms with Crippen LogP contribution in [0.1, 0.15) is 36.2 Å². The van der Waals surface area contributed by atoms with E-state index in [9.17, 15) is 9.59 Å². The number of carbonyl (C=O) groups is 1. The Hall–Kier alpha value is -5.25. The SMILES string of the molecule is CC1C=C2C(=NC1)Nc1ccccc1-c1nnc(-c3ccc(C(=O)N4CCC(n5c(=O)[nH]c6ccccc65)CC4)cc3)n12. The Morgan fingerprint density at radius 3 is 2.49 bits per heavy atom. The molecular weight excluding hydrogens is 540 g/mol. The van der Waals surface area contributed by atoms with E-state index in [4.69, 9.17) is 4.99 Å². The summed E-state index contributed by atoms with van der Waals surface area (Å²) in [5, 5.41) is 12.7. The molecule has 10 nitrogen and oxygen atoms in total. The van der Waals surface area contributed by atoms with Gasteiger partial charge in [-0.2, -0.15) is 0 Å². The van der Waals surface area contributed by atoms with Crippen LogP contribution in [0.15, 0.2) is 88.7 Å². The van der Waals surface area contributed by atoms with E-state index >= 15 is 0 Å². The minimum Gasteiger partial charge on any atom is -0.338 e. The summed E-state index contributed by atoms with van der Waals surface area (Å²) in [5.41, 5.74) is 5.98. The highest BCUT2D eigenvalue weighted by atomic mass is 16.2. The van der Waals surface area contributed by atoms with Gasteiger partial charge < -0.3 is 15.2 Å². The van der Waals surface area contributed by atoms with Crippen LogP contribution in [0.25, 0.3) is 39.5 Å². The summed E-state index contributed by atoms with van der Waals surface area (Å²) in [5.74, 6) is 2.53. The second-order valence-corrected chi connectivity index (χ2v) is 11.5. The van der Waals surface area contributed by atoms with Crippen molar-refractivity contribution in [3.63, 3.8) is 0 Å². The molecule has 5 heterocycles. The molecule has 43 heavy (non-hydrogen) atoms. The number of piperidine rings is 1. The molecule has 5 aromatic rings. The van der Waals surface area contributed by atoms with Gasteiger partial charge in [0.2, 0.25) is 0 Å². The van der Waals surface area contributed by atoms with Gasteiger partial charge in [-0.05, 0) is 55.2 Å². The third kappa shape index (κ3) is 4.20. The first kappa shape index (κ1) is 25.5. The summed E-state index contributed by atoms with van der Waals surface area (Å²) in [6, 6.07) is 23.5. The van der Waals surface area contributed by atoms with Crippen LogP contribution in [0.3, 0.4) is 0 Å². The van der Waals surface area contributed by atoms with Crippen molar-refractivity contribution in [1.82, 2.24) is 29.2 Å². The number of benzene rings is 3. The van der Waals surface area contributed by atoms with Gasteiger partial charge in [0.25, 0.3) is 5.91 Å². The minimum absolute atomic E-state index is 0.00675. The second-order valence-electron chi connectivity index (χ2n) is 11.5. The Morgan fingerprint density at radius 2 is 1.65 bits per heavy atom. The van der Waals surface area contributed by atoms with Crippen molar-refractivity contribution in [3.8, 4) is 22.8 Å². The maximum absolute atomic E-state index is 13.5. The number of dihydropyridines is 1. The summed E-state index contributed by atoms with van der Waals surface area (Å²) < 4.78 is 3.92. The molecule has 2 aromatic heterocycles. The maximum atomic E-state index is 13.5. The lowest BCUT2D eigenvalue weighted by Gasteiger charge is -2.32. The van der Waals surface area contributed by atoms with Crippen molar-refractivity contribution < 1.29 is 4.79 Å². The molecule has 1 saturated heterocycles. The molecule has 214 valence electrons. The quantitative estimate of drug-likeness (QED) is 0.315. The van der Waals surface area contributed by atoms with Crippen LogP contribution < -0.4 is 11.0 Å². The minimum atomic E-state index is -0.0935. The van der Waals surface area contributed by atoms with E-state index in [0.29, 0.717) is 31.0 Å². The molecule has 1 atom stereocenters. The summed E-state index contributed by atoms with van der Waals surface area (Å²) in [6.45, 7) is 4.05. The van der Waals surface area contributed by atoms with Gasteiger partial charge in [0.1, 0.15) is 5.84 Å². The van der Waals surface area contributed by atoms with Gasteiger partial charge in [0.15, 0.2) is 11.6 Å². The fourth-order valence-corrected chi connectivity index (χ4v) is 6.50. The van der Waals surface area contributed by atoms with Crippen molar-refractivity contribution in [3.05, 3.63) is 94.9 Å². The van der Waals surface area contributed by atoms with Crippen LogP contribution in [0.2, 0.25) is 0 Å². The first-order valence-electron chi connectivity index (χ1n) is 14.7. The van der Waals surface area contributed by atoms with E-state index in [1.54, 1.807) is 0 Å². The number of carbonyl (C=O) groups excluding carboxylic acids is 1. The third-order valence-electron chi connectivity index (χ3n) is 8.68. The van der Waals surface area contributed by atoms with Crippen LogP contribution in [0.4, 0.5) is 5.69 Å². The van der Waals surface area contributed by atoms with Gasteiger partial charge in [0, 0.05) is 42.4 Å². The largest absolute Gasteiger partial charge is 0.338 e. The van der Waals surface area contributed by atoms with Gasteiger partial charge in [-0.25, -0.2) is 4.79 Å². The van der Waals surface area contributed by atoms with E-state index in [1.807, 2.05) is 82.3 Å². The normalized spacial score (nSPS) is 18.2. The smallest absolute Gasteiger partial charge is 0.326 e. The first-order chi connectivity index (χ1) is 21.0. The molecule has 0 saturated carbocycles. The van der Waals surface area contributed by atoms with Gasteiger partial charge in [-0.15, -0.1) is 10.2 Å². The lowest BCUT2D eigenvalue weighted by atomic mass is 10.0. The number of aliphatic imine (C=N–C) groups is 1. The zero-order valence-corrected chi connectivity index (χ0v) is 23.7. The molecule has 8 rings (SSSR count). The van der Waals surface area contributed by atoms with Crippen molar-refractivity contribution in [2.75, 3.05) is 25.0 Å². The van der Waals surface area contributed by atoms with Crippen molar-refractivity contribution >= 4 is 34.2 Å². The third-order valence-corrected chi connectivity index (χ3v) is 8.68. The first-order valence-corrected chi connectivity index (χ1v) is 14.7. The number of hydrogen-bond donors (Lipinski definition) is 2. The molecule has 0 aliphatic carbocycles. The summed E-state index contributed by atoms with van der Waals surface area (Å²) in [4.78, 5) is 35.8. The molecule has 2 N–H and O–H groups in total. The van der Waals surface area contributed by atoms with Crippen LogP contribution in [0, 0.1) is 5.92 Å². The Balaban J connectivity index is 1.05. The van der Waals surface area contributed by atoms with Crippen LogP contribution >= 0.6 is 0 Å². The van der Waals surface area contributed by atoms with E-state index < -0.39 is 0 Å². The molecule has 3 aromatic carbocycles.